The molecule has 0 unspecified atom stereocenters. The van der Waals surface area contributed by atoms with Crippen molar-refractivity contribution < 1.29 is 13.9 Å². The van der Waals surface area contributed by atoms with Crippen LogP contribution in [0, 0.1) is 0 Å². The van der Waals surface area contributed by atoms with Crippen molar-refractivity contribution in [1.29, 1.82) is 0 Å². The van der Waals surface area contributed by atoms with E-state index in [1.165, 1.54) is 4.57 Å². The molecule has 5 heteroatoms. The zero-order valence-electron chi connectivity index (χ0n) is 10.6. The Morgan fingerprint density at radius 3 is 2.67 bits per heavy atom. The molecular formula is C13H15NO4. The monoisotopic (exact) mass is 249 g/mol. The van der Waals surface area contributed by atoms with Crippen LogP contribution in [0.4, 0.5) is 0 Å². The fourth-order valence-electron chi connectivity index (χ4n) is 1.67. The maximum absolute atomic E-state index is 11.7. The highest BCUT2D eigenvalue weighted by Gasteiger charge is 2.19. The molecule has 0 aliphatic carbocycles. The van der Waals surface area contributed by atoms with E-state index in [1.54, 1.807) is 45.0 Å². The Hall–Kier alpha value is -2.04. The number of aromatic nitrogens is 1. The number of rotatable bonds is 2. The summed E-state index contributed by atoms with van der Waals surface area (Å²) in [6.45, 7) is 5.19. The van der Waals surface area contributed by atoms with Crippen molar-refractivity contribution in [2.24, 2.45) is 0 Å². The molecule has 2 rings (SSSR count). The predicted molar refractivity (Wildman–Crippen MR) is 66.3 cm³/mol. The van der Waals surface area contributed by atoms with Crippen molar-refractivity contribution in [3.63, 3.8) is 0 Å². The number of benzene rings is 1. The summed E-state index contributed by atoms with van der Waals surface area (Å²) in [5, 5.41) is 0. The summed E-state index contributed by atoms with van der Waals surface area (Å²) in [7, 11) is 0. The molecule has 18 heavy (non-hydrogen) atoms. The van der Waals surface area contributed by atoms with Gasteiger partial charge in [0.15, 0.2) is 5.58 Å². The van der Waals surface area contributed by atoms with Crippen LogP contribution < -0.4 is 5.76 Å². The number of oxazole rings is 1. The van der Waals surface area contributed by atoms with Crippen LogP contribution in [0.3, 0.4) is 0 Å². The standard InChI is InChI=1S/C13H15NO4/c1-13(2,3)18-11(15)8-14-9-6-4-5-7-10(9)17-12(14)16/h4-7H,8H2,1-3H3. The predicted octanol–water partition coefficient (Wildman–Crippen LogP) is 1.94. The Morgan fingerprint density at radius 2 is 2.00 bits per heavy atom. The second-order valence-corrected chi connectivity index (χ2v) is 5.01. The molecule has 0 radical (unpaired) electrons. The van der Waals surface area contributed by atoms with Crippen LogP contribution >= 0.6 is 0 Å². The Morgan fingerprint density at radius 1 is 1.33 bits per heavy atom. The third-order valence-electron chi connectivity index (χ3n) is 2.28. The Kier molecular flexibility index (Phi) is 2.98. The van der Waals surface area contributed by atoms with Crippen molar-refractivity contribution in [3.05, 3.63) is 34.8 Å². The van der Waals surface area contributed by atoms with Crippen LogP contribution in [-0.2, 0) is 16.1 Å². The molecule has 0 amide bonds. The molecule has 0 saturated carbocycles. The van der Waals surface area contributed by atoms with E-state index >= 15 is 0 Å². The number of fused-ring (bicyclic) bond motifs is 1. The van der Waals surface area contributed by atoms with Crippen LogP contribution in [0.2, 0.25) is 0 Å². The highest BCUT2D eigenvalue weighted by molar-refractivity contribution is 5.76. The number of hydrogen-bond acceptors (Lipinski definition) is 4. The number of nitrogens with zero attached hydrogens (tertiary/aromatic N) is 1. The lowest BCUT2D eigenvalue weighted by Gasteiger charge is -2.19. The Balaban J connectivity index is 2.30. The van der Waals surface area contributed by atoms with Crippen LogP contribution in [-0.4, -0.2) is 16.1 Å². The van der Waals surface area contributed by atoms with Crippen molar-refractivity contribution in [1.82, 2.24) is 4.57 Å². The lowest BCUT2D eigenvalue weighted by molar-refractivity contribution is -0.155. The first-order chi connectivity index (χ1) is 8.37. The highest BCUT2D eigenvalue weighted by atomic mass is 16.6. The minimum Gasteiger partial charge on any atom is -0.459 e. The fourth-order valence-corrected chi connectivity index (χ4v) is 1.67. The zero-order valence-corrected chi connectivity index (χ0v) is 10.6. The van der Waals surface area contributed by atoms with Gasteiger partial charge in [0.2, 0.25) is 0 Å². The van der Waals surface area contributed by atoms with E-state index in [9.17, 15) is 9.59 Å². The van der Waals surface area contributed by atoms with E-state index in [0.29, 0.717) is 11.1 Å². The van der Waals surface area contributed by atoms with Crippen LogP contribution in [0.5, 0.6) is 0 Å². The maximum Gasteiger partial charge on any atom is 0.420 e. The largest absolute Gasteiger partial charge is 0.459 e. The number of para-hydroxylation sites is 2. The summed E-state index contributed by atoms with van der Waals surface area (Å²) in [6, 6.07) is 6.96. The molecule has 1 aromatic carbocycles. The van der Waals surface area contributed by atoms with Crippen molar-refractivity contribution in [3.8, 4) is 0 Å². The summed E-state index contributed by atoms with van der Waals surface area (Å²) in [5.74, 6) is -1.02. The van der Waals surface area contributed by atoms with Gasteiger partial charge in [0.1, 0.15) is 12.1 Å². The van der Waals surface area contributed by atoms with Gasteiger partial charge in [-0.3, -0.25) is 9.36 Å². The van der Waals surface area contributed by atoms with Gasteiger partial charge in [-0.1, -0.05) is 12.1 Å². The Bertz CT molecular complexity index is 630. The molecule has 0 saturated heterocycles. The van der Waals surface area contributed by atoms with Crippen molar-refractivity contribution in [2.45, 2.75) is 32.9 Å². The van der Waals surface area contributed by atoms with E-state index in [0.717, 1.165) is 0 Å². The van der Waals surface area contributed by atoms with E-state index in [1.807, 2.05) is 0 Å². The normalized spacial score (nSPS) is 11.7. The van der Waals surface area contributed by atoms with Gasteiger partial charge in [0.25, 0.3) is 0 Å². The quantitative estimate of drug-likeness (QED) is 0.763. The van der Waals surface area contributed by atoms with Gasteiger partial charge in [-0.25, -0.2) is 4.79 Å². The lowest BCUT2D eigenvalue weighted by Crippen LogP contribution is -2.29. The third-order valence-corrected chi connectivity index (χ3v) is 2.28. The van der Waals surface area contributed by atoms with Gasteiger partial charge in [-0.15, -0.1) is 0 Å². The fraction of sp³-hybridized carbons (Fsp3) is 0.385. The van der Waals surface area contributed by atoms with Crippen LogP contribution in [0.25, 0.3) is 11.1 Å². The smallest absolute Gasteiger partial charge is 0.420 e. The topological polar surface area (TPSA) is 61.4 Å². The molecule has 0 bridgehead atoms. The van der Waals surface area contributed by atoms with Gasteiger partial charge in [0.05, 0.1) is 5.52 Å². The number of carbonyl (C=O) groups is 1. The number of hydrogen-bond donors (Lipinski definition) is 0. The van der Waals surface area contributed by atoms with E-state index < -0.39 is 17.3 Å². The molecule has 1 heterocycles. The molecule has 2 aromatic rings. The van der Waals surface area contributed by atoms with E-state index in [4.69, 9.17) is 9.15 Å². The molecule has 0 spiro atoms. The summed E-state index contributed by atoms with van der Waals surface area (Å²) >= 11 is 0. The molecule has 0 fully saturated rings. The molecule has 0 aliphatic rings. The van der Waals surface area contributed by atoms with Crippen LogP contribution in [0.1, 0.15) is 20.8 Å². The first-order valence-corrected chi connectivity index (χ1v) is 5.67. The van der Waals surface area contributed by atoms with Crippen molar-refractivity contribution >= 4 is 17.1 Å². The molecule has 96 valence electrons. The van der Waals surface area contributed by atoms with Crippen molar-refractivity contribution in [2.75, 3.05) is 0 Å². The summed E-state index contributed by atoms with van der Waals surface area (Å²) < 4.78 is 11.5. The van der Waals surface area contributed by atoms with E-state index in [-0.39, 0.29) is 6.54 Å². The second-order valence-electron chi connectivity index (χ2n) is 5.01. The maximum atomic E-state index is 11.7. The molecule has 1 aromatic heterocycles. The Labute approximate surface area is 104 Å². The molecule has 0 atom stereocenters. The average molecular weight is 249 g/mol. The van der Waals surface area contributed by atoms with Gasteiger partial charge in [-0.05, 0) is 32.9 Å². The van der Waals surface area contributed by atoms with E-state index in [2.05, 4.69) is 0 Å². The first-order valence-electron chi connectivity index (χ1n) is 5.67. The first kappa shape index (κ1) is 12.4. The number of esters is 1. The number of ether oxygens (including phenoxy) is 1. The summed E-state index contributed by atoms with van der Waals surface area (Å²) in [6.07, 6.45) is 0. The van der Waals surface area contributed by atoms with Crippen LogP contribution in [0.15, 0.2) is 33.5 Å². The zero-order chi connectivity index (χ0) is 13.3. The molecule has 5 nitrogen and oxygen atoms in total. The second kappa shape index (κ2) is 4.33. The van der Waals surface area contributed by atoms with Gasteiger partial charge in [0, 0.05) is 0 Å². The molecule has 0 N–H and O–H groups in total. The summed E-state index contributed by atoms with van der Waals surface area (Å²) in [4.78, 5) is 23.3. The minimum atomic E-state index is -0.569. The summed E-state index contributed by atoms with van der Waals surface area (Å²) in [5.41, 5.74) is 0.486. The molecular weight excluding hydrogens is 234 g/mol. The molecule has 0 aliphatic heterocycles. The average Bonchev–Trinajstić information content (AvgIpc) is 2.53. The SMILES string of the molecule is CC(C)(C)OC(=O)Cn1c(=O)oc2ccccc21. The lowest BCUT2D eigenvalue weighted by atomic mass is 10.2. The van der Waals surface area contributed by atoms with Gasteiger partial charge in [-0.2, -0.15) is 0 Å². The van der Waals surface area contributed by atoms with Gasteiger partial charge >= 0.3 is 11.7 Å². The number of carbonyl (C=O) groups excluding carboxylic acids is 1. The minimum absolute atomic E-state index is 0.146. The highest BCUT2D eigenvalue weighted by Crippen LogP contribution is 2.13. The third kappa shape index (κ3) is 2.61. The van der Waals surface area contributed by atoms with Gasteiger partial charge < -0.3 is 9.15 Å².